The van der Waals surface area contributed by atoms with Crippen LogP contribution in [0.4, 0.5) is 0 Å². The molecule has 0 saturated carbocycles. The molecular weight excluding hydrogens is 355 g/mol. The van der Waals surface area contributed by atoms with Crippen LogP contribution in [-0.2, 0) is 19.5 Å². The van der Waals surface area contributed by atoms with E-state index >= 15 is 0 Å². The van der Waals surface area contributed by atoms with Crippen LogP contribution in [0.25, 0.3) is 0 Å². The molecule has 0 unspecified atom stereocenters. The van der Waals surface area contributed by atoms with E-state index in [0.29, 0.717) is 0 Å². The molecule has 0 atom stereocenters. The van der Waals surface area contributed by atoms with Crippen LogP contribution in [0.1, 0.15) is 0 Å². The largest absolute Gasteiger partial charge is 0 e. The topological polar surface area (TPSA) is 0 Å². The van der Waals surface area contributed by atoms with Crippen molar-refractivity contribution >= 4 is 155 Å². The SMILES string of the molecule is [Ba].[Ca].[Mg].[Sr].[Zn]. The molecule has 0 nitrogen and oxygen atoms in total. The molecule has 0 amide bonds. The standard InChI is InChI=1S/Ba.Ca.Mg.Sr.Zn. The smallest absolute Gasteiger partial charge is 0 e. The first-order chi connectivity index (χ1) is 0. The minimum absolute atomic E-state index is 0. The van der Waals surface area contributed by atoms with Crippen LogP contribution in [0, 0.1) is 0 Å². The Bertz CT molecular complexity index is 11.6. The van der Waals surface area contributed by atoms with Crippen molar-refractivity contribution in [2.24, 2.45) is 0 Å². The maximum atomic E-state index is 0. The minimum atomic E-state index is 0. The summed E-state index contributed by atoms with van der Waals surface area (Å²) in [5, 5.41) is 0. The van der Waals surface area contributed by atoms with Gasteiger partial charge in [-0.3, -0.25) is 0 Å². The molecule has 0 saturated heterocycles. The van der Waals surface area contributed by atoms with Gasteiger partial charge in [-0.25, -0.2) is 0 Å². The predicted molar refractivity (Wildman–Crippen MR) is 23.0 cm³/mol. The Balaban J connectivity index is 0. The van der Waals surface area contributed by atoms with Crippen molar-refractivity contribution in [3.63, 3.8) is 0 Å². The number of hydrogen-bond acceptors (Lipinski definition) is 0. The Morgan fingerprint density at radius 1 is 1.00 bits per heavy atom. The summed E-state index contributed by atoms with van der Waals surface area (Å²) in [7, 11) is 0. The first-order valence-electron chi connectivity index (χ1n) is 0. The predicted octanol–water partition coefficient (Wildman–Crippen LogP) is -1.53. The second kappa shape index (κ2) is 22.6. The minimum Gasteiger partial charge on any atom is 0 e. The fourth-order valence-corrected chi connectivity index (χ4v) is 0. The van der Waals surface area contributed by atoms with E-state index in [0.717, 1.165) is 0 Å². The molecule has 10 valence electrons. The summed E-state index contributed by atoms with van der Waals surface area (Å²) in [4.78, 5) is 0. The van der Waals surface area contributed by atoms with Gasteiger partial charge in [0.15, 0.2) is 0 Å². The molecule has 5 heteroatoms. The summed E-state index contributed by atoms with van der Waals surface area (Å²) in [5.41, 5.74) is 0. The monoisotopic (exact) mass is 354 g/mol. The molecule has 0 rings (SSSR count). The number of hydrogen-bond donors (Lipinski definition) is 0. The Labute approximate surface area is 169 Å². The zero-order valence-corrected chi connectivity index (χ0v) is 18.0. The van der Waals surface area contributed by atoms with E-state index in [4.69, 9.17) is 0 Å². The quantitative estimate of drug-likeness (QED) is 0.463. The Kier molecular flexibility index (Phi) is 140. The van der Waals surface area contributed by atoms with Gasteiger partial charge in [0.05, 0.1) is 0 Å². The van der Waals surface area contributed by atoms with Crippen LogP contribution in [0.2, 0.25) is 0 Å². The molecule has 0 aliphatic rings. The second-order valence-electron chi connectivity index (χ2n) is 0. The van der Waals surface area contributed by atoms with E-state index in [2.05, 4.69) is 0 Å². The summed E-state index contributed by atoms with van der Waals surface area (Å²) < 4.78 is 0. The van der Waals surface area contributed by atoms with E-state index in [1.807, 2.05) is 0 Å². The summed E-state index contributed by atoms with van der Waals surface area (Å²) in [6.07, 6.45) is 0. The van der Waals surface area contributed by atoms with Crippen molar-refractivity contribution in [3.05, 3.63) is 0 Å². The van der Waals surface area contributed by atoms with Gasteiger partial charge in [-0.2, -0.15) is 0 Å². The molecule has 0 aromatic carbocycles. The van der Waals surface area contributed by atoms with E-state index < -0.39 is 0 Å². The van der Waals surface area contributed by atoms with Crippen LogP contribution < -0.4 is 0 Å². The van der Waals surface area contributed by atoms with Gasteiger partial charge in [-0.15, -0.1) is 0 Å². The van der Waals surface area contributed by atoms with Crippen molar-refractivity contribution in [2.75, 3.05) is 0 Å². The first-order valence-corrected chi connectivity index (χ1v) is 0. The Hall–Kier alpha value is 5.70. The van der Waals surface area contributed by atoms with Crippen molar-refractivity contribution in [1.82, 2.24) is 0 Å². The third-order valence-corrected chi connectivity index (χ3v) is 0. The van der Waals surface area contributed by atoms with Crippen molar-refractivity contribution in [1.29, 1.82) is 0 Å². The van der Waals surface area contributed by atoms with Crippen LogP contribution in [0.5, 0.6) is 0 Å². The van der Waals surface area contributed by atoms with Crippen molar-refractivity contribution in [3.8, 4) is 0 Å². The van der Waals surface area contributed by atoms with E-state index in [-0.39, 0.29) is 175 Å². The van der Waals surface area contributed by atoms with Crippen LogP contribution in [0.15, 0.2) is 0 Å². The van der Waals surface area contributed by atoms with Crippen molar-refractivity contribution in [2.45, 2.75) is 0 Å². The van der Waals surface area contributed by atoms with Gasteiger partial charge in [-0.05, 0) is 0 Å². The van der Waals surface area contributed by atoms with Gasteiger partial charge in [0.25, 0.3) is 0 Å². The maximum Gasteiger partial charge on any atom is 0 e. The molecule has 0 bridgehead atoms. The summed E-state index contributed by atoms with van der Waals surface area (Å²) in [6, 6.07) is 0. The average molecular weight is 355 g/mol. The molecule has 0 spiro atoms. The maximum absolute atomic E-state index is 0. The van der Waals surface area contributed by atoms with Crippen LogP contribution >= 0.6 is 0 Å². The molecular formula is BaCaMgSrZn. The third-order valence-electron chi connectivity index (χ3n) is 0. The van der Waals surface area contributed by atoms with Gasteiger partial charge in [-0.1, -0.05) is 0 Å². The molecule has 0 aliphatic heterocycles. The fraction of sp³-hybridized carbons (Fsp3) is 0. The average Bonchev–Trinajstić information content (AvgIpc) is 0. The summed E-state index contributed by atoms with van der Waals surface area (Å²) >= 11 is 0. The molecule has 0 aromatic heterocycles. The fourth-order valence-electron chi connectivity index (χ4n) is 0. The normalized spacial score (nSPS) is 0. The Morgan fingerprint density at radius 3 is 1.00 bits per heavy atom. The molecule has 0 aromatic rings. The van der Waals surface area contributed by atoms with Gasteiger partial charge in [0, 0.05) is 175 Å². The molecule has 0 fully saturated rings. The molecule has 0 heterocycles. The van der Waals surface area contributed by atoms with Gasteiger partial charge < -0.3 is 0 Å². The number of rotatable bonds is 0. The van der Waals surface area contributed by atoms with E-state index in [1.54, 1.807) is 0 Å². The molecule has 0 N–H and O–H groups in total. The van der Waals surface area contributed by atoms with Crippen molar-refractivity contribution < 1.29 is 19.5 Å². The zero-order chi connectivity index (χ0) is 0. The van der Waals surface area contributed by atoms with Crippen LogP contribution in [-0.4, -0.2) is 155 Å². The summed E-state index contributed by atoms with van der Waals surface area (Å²) in [5.74, 6) is 0. The first kappa shape index (κ1) is 31.0. The zero-order valence-electron chi connectivity index (χ0n) is 3.54. The molecule has 5 heavy (non-hydrogen) atoms. The van der Waals surface area contributed by atoms with E-state index in [1.165, 1.54) is 0 Å². The second-order valence-corrected chi connectivity index (χ2v) is 0. The van der Waals surface area contributed by atoms with Gasteiger partial charge in [0.2, 0.25) is 0 Å². The molecule has 0 aliphatic carbocycles. The van der Waals surface area contributed by atoms with E-state index in [9.17, 15) is 0 Å². The molecule has 8 radical (unpaired) electrons. The third kappa shape index (κ3) is 17.7. The summed E-state index contributed by atoms with van der Waals surface area (Å²) in [6.45, 7) is 0. The van der Waals surface area contributed by atoms with Gasteiger partial charge in [0.1, 0.15) is 0 Å². The van der Waals surface area contributed by atoms with Gasteiger partial charge >= 0.3 is 0 Å². The Morgan fingerprint density at radius 2 is 1.00 bits per heavy atom. The van der Waals surface area contributed by atoms with Crippen LogP contribution in [0.3, 0.4) is 0 Å².